The number of hydrogen-bond acceptors (Lipinski definition) is 2. The lowest BCUT2D eigenvalue weighted by Gasteiger charge is -2.18. The molecule has 3 nitrogen and oxygen atoms in total. The lowest BCUT2D eigenvalue weighted by atomic mass is 10.0. The Morgan fingerprint density at radius 3 is 2.48 bits per heavy atom. The van der Waals surface area contributed by atoms with Crippen LogP contribution in [0.1, 0.15) is 28.3 Å². The van der Waals surface area contributed by atoms with Crippen LogP contribution in [0.2, 0.25) is 0 Å². The van der Waals surface area contributed by atoms with Crippen LogP contribution in [-0.4, -0.2) is 22.1 Å². The van der Waals surface area contributed by atoms with E-state index < -0.39 is 10.8 Å². The molecule has 0 fully saturated rings. The molecule has 0 saturated heterocycles. The van der Waals surface area contributed by atoms with Crippen LogP contribution in [0, 0.1) is 13.8 Å². The quantitative estimate of drug-likeness (QED) is 0.885. The normalized spacial score (nSPS) is 13.3. The number of rotatable bonds is 6. The second-order valence-electron chi connectivity index (χ2n) is 5.88. The molecular weight excluding hydrogens is 306 g/mol. The second-order valence-corrected chi connectivity index (χ2v) is 7.36. The smallest absolute Gasteiger partial charge is 0.224 e. The van der Waals surface area contributed by atoms with Crippen molar-refractivity contribution in [3.05, 3.63) is 70.8 Å². The topological polar surface area (TPSA) is 46.2 Å². The van der Waals surface area contributed by atoms with Gasteiger partial charge < -0.3 is 5.32 Å². The summed E-state index contributed by atoms with van der Waals surface area (Å²) in [5.41, 5.74) is 4.28. The molecule has 0 aliphatic rings. The molecule has 2 aromatic rings. The molecule has 2 aromatic carbocycles. The van der Waals surface area contributed by atoms with Crippen LogP contribution in [0.4, 0.5) is 0 Å². The summed E-state index contributed by atoms with van der Waals surface area (Å²) < 4.78 is 11.6. The van der Waals surface area contributed by atoms with E-state index in [2.05, 4.69) is 5.32 Å². The van der Waals surface area contributed by atoms with E-state index in [-0.39, 0.29) is 11.9 Å². The Morgan fingerprint density at radius 2 is 1.83 bits per heavy atom. The predicted octanol–water partition coefficient (Wildman–Crippen LogP) is 3.08. The number of benzene rings is 2. The fourth-order valence-electron chi connectivity index (χ4n) is 2.55. The summed E-state index contributed by atoms with van der Waals surface area (Å²) in [6, 6.07) is 15.6. The van der Waals surface area contributed by atoms with E-state index in [9.17, 15) is 9.00 Å². The Labute approximate surface area is 140 Å². The fourth-order valence-corrected chi connectivity index (χ4v) is 3.30. The summed E-state index contributed by atoms with van der Waals surface area (Å²) in [6.45, 7) is 4.03. The van der Waals surface area contributed by atoms with Gasteiger partial charge in [0.05, 0.1) is 12.5 Å². The van der Waals surface area contributed by atoms with E-state index in [0.29, 0.717) is 12.2 Å². The van der Waals surface area contributed by atoms with Crippen LogP contribution in [0.3, 0.4) is 0 Å². The highest BCUT2D eigenvalue weighted by Crippen LogP contribution is 2.15. The molecule has 122 valence electrons. The Morgan fingerprint density at radius 1 is 1.13 bits per heavy atom. The molecule has 1 N–H and O–H groups in total. The van der Waals surface area contributed by atoms with Crippen LogP contribution in [-0.2, 0) is 22.0 Å². The maximum absolute atomic E-state index is 12.4. The predicted molar refractivity (Wildman–Crippen MR) is 95.9 cm³/mol. The van der Waals surface area contributed by atoms with E-state index in [1.165, 1.54) is 0 Å². The van der Waals surface area contributed by atoms with E-state index in [1.54, 1.807) is 6.26 Å². The van der Waals surface area contributed by atoms with Gasteiger partial charge in [-0.05, 0) is 30.5 Å². The molecule has 23 heavy (non-hydrogen) atoms. The average molecular weight is 329 g/mol. The third-order valence-electron chi connectivity index (χ3n) is 3.79. The van der Waals surface area contributed by atoms with E-state index in [1.807, 2.05) is 62.4 Å². The van der Waals surface area contributed by atoms with Crippen LogP contribution in [0.15, 0.2) is 48.5 Å². The Kier molecular flexibility index (Phi) is 6.11. The standard InChI is InChI=1S/C19H23NO2S/c1-14-9-10-15(2)17(11-14)12-19(21)20-18(13-23(3)22)16-7-5-4-6-8-16/h4-11,18H,12-13H2,1-3H3,(H,20,21)/t18-,23-/m0/s1. The Bertz CT molecular complexity index is 698. The van der Waals surface area contributed by atoms with Gasteiger partial charge in [0, 0.05) is 22.8 Å². The maximum Gasteiger partial charge on any atom is 0.224 e. The monoisotopic (exact) mass is 329 g/mol. The minimum Gasteiger partial charge on any atom is -0.348 e. The van der Waals surface area contributed by atoms with Gasteiger partial charge in [0.15, 0.2) is 0 Å². The van der Waals surface area contributed by atoms with Crippen molar-refractivity contribution in [1.82, 2.24) is 5.32 Å². The molecule has 0 spiro atoms. The molecule has 0 unspecified atom stereocenters. The van der Waals surface area contributed by atoms with Crippen molar-refractivity contribution in [2.75, 3.05) is 12.0 Å². The van der Waals surface area contributed by atoms with Crippen LogP contribution in [0.5, 0.6) is 0 Å². The molecule has 0 aliphatic heterocycles. The highest BCUT2D eigenvalue weighted by molar-refractivity contribution is 7.84. The number of nitrogens with one attached hydrogen (secondary N) is 1. The lowest BCUT2D eigenvalue weighted by Crippen LogP contribution is -2.33. The number of carbonyl (C=O) groups excluding carboxylic acids is 1. The van der Waals surface area contributed by atoms with Gasteiger partial charge in [-0.2, -0.15) is 0 Å². The van der Waals surface area contributed by atoms with Gasteiger partial charge in [-0.25, -0.2) is 0 Å². The highest BCUT2D eigenvalue weighted by Gasteiger charge is 2.16. The van der Waals surface area contributed by atoms with Gasteiger partial charge in [0.25, 0.3) is 0 Å². The zero-order valence-corrected chi connectivity index (χ0v) is 14.7. The summed E-state index contributed by atoms with van der Waals surface area (Å²) in [6.07, 6.45) is 2.00. The number of amides is 1. The summed E-state index contributed by atoms with van der Waals surface area (Å²) in [5.74, 6) is 0.376. The lowest BCUT2D eigenvalue weighted by molar-refractivity contribution is -0.121. The minimum atomic E-state index is -0.982. The summed E-state index contributed by atoms with van der Waals surface area (Å²) in [7, 11) is -0.982. The fraction of sp³-hybridized carbons (Fsp3) is 0.316. The van der Waals surface area contributed by atoms with Crippen molar-refractivity contribution in [3.63, 3.8) is 0 Å². The SMILES string of the molecule is Cc1ccc(C)c(CC(=O)N[C@@H](C[S@](C)=O)c2ccccc2)c1. The molecule has 0 saturated carbocycles. The van der Waals surface area contributed by atoms with E-state index in [4.69, 9.17) is 0 Å². The van der Waals surface area contributed by atoms with Crippen molar-refractivity contribution in [1.29, 1.82) is 0 Å². The maximum atomic E-state index is 12.4. The number of aryl methyl sites for hydroxylation is 2. The van der Waals surface area contributed by atoms with Gasteiger partial charge in [-0.1, -0.05) is 54.1 Å². The zero-order chi connectivity index (χ0) is 16.8. The van der Waals surface area contributed by atoms with E-state index in [0.717, 1.165) is 22.3 Å². The molecule has 0 heterocycles. The average Bonchev–Trinajstić information content (AvgIpc) is 2.51. The molecule has 0 aromatic heterocycles. The van der Waals surface area contributed by atoms with Gasteiger partial charge in [-0.3, -0.25) is 9.00 Å². The molecule has 1 amide bonds. The third kappa shape index (κ3) is 5.32. The molecule has 4 heteroatoms. The van der Waals surface area contributed by atoms with Crippen molar-refractivity contribution in [2.24, 2.45) is 0 Å². The summed E-state index contributed by atoms with van der Waals surface area (Å²) in [4.78, 5) is 12.4. The number of hydrogen-bond donors (Lipinski definition) is 1. The van der Waals surface area contributed by atoms with Gasteiger partial charge in [-0.15, -0.1) is 0 Å². The molecule has 0 radical (unpaired) electrons. The first-order chi connectivity index (χ1) is 11.0. The van der Waals surface area contributed by atoms with E-state index >= 15 is 0 Å². The molecule has 2 rings (SSSR count). The van der Waals surface area contributed by atoms with Crippen molar-refractivity contribution in [3.8, 4) is 0 Å². The van der Waals surface area contributed by atoms with Crippen LogP contribution in [0.25, 0.3) is 0 Å². The van der Waals surface area contributed by atoms with Crippen molar-refractivity contribution in [2.45, 2.75) is 26.3 Å². The van der Waals surface area contributed by atoms with Crippen LogP contribution < -0.4 is 5.32 Å². The molecule has 2 atom stereocenters. The molecule has 0 bridgehead atoms. The second kappa shape index (κ2) is 8.06. The first-order valence-electron chi connectivity index (χ1n) is 7.66. The number of carbonyl (C=O) groups is 1. The minimum absolute atomic E-state index is 0.0435. The van der Waals surface area contributed by atoms with Gasteiger partial charge in [0.2, 0.25) is 5.91 Å². The first-order valence-corrected chi connectivity index (χ1v) is 9.39. The van der Waals surface area contributed by atoms with Crippen molar-refractivity contribution >= 4 is 16.7 Å². The van der Waals surface area contributed by atoms with Crippen LogP contribution >= 0.6 is 0 Å². The third-order valence-corrected chi connectivity index (χ3v) is 4.60. The first kappa shape index (κ1) is 17.4. The summed E-state index contributed by atoms with van der Waals surface area (Å²) in [5, 5.41) is 3.03. The largest absolute Gasteiger partial charge is 0.348 e. The summed E-state index contributed by atoms with van der Waals surface area (Å²) >= 11 is 0. The zero-order valence-electron chi connectivity index (χ0n) is 13.8. The molecular formula is C19H23NO2S. The van der Waals surface area contributed by atoms with Gasteiger partial charge >= 0.3 is 0 Å². The Hall–Kier alpha value is -1.94. The highest BCUT2D eigenvalue weighted by atomic mass is 32.2. The Balaban J connectivity index is 2.11. The van der Waals surface area contributed by atoms with Gasteiger partial charge in [0.1, 0.15) is 0 Å². The molecule has 0 aliphatic carbocycles. The van der Waals surface area contributed by atoms with Crippen molar-refractivity contribution < 1.29 is 9.00 Å².